The summed E-state index contributed by atoms with van der Waals surface area (Å²) in [4.78, 5) is 4.84. The van der Waals surface area contributed by atoms with Gasteiger partial charge >= 0.3 is 0 Å². The smallest absolute Gasteiger partial charge is 0.136 e. The van der Waals surface area contributed by atoms with Crippen LogP contribution in [-0.2, 0) is 10.8 Å². The molecule has 2 aliphatic rings. The zero-order valence-corrected chi connectivity index (χ0v) is 72.6. The van der Waals surface area contributed by atoms with Gasteiger partial charge in [-0.2, -0.15) is 0 Å². The Balaban J connectivity index is 0.493. The lowest BCUT2D eigenvalue weighted by molar-refractivity contribution is 0.660. The number of hydrogen-bond donors (Lipinski definition) is 0. The molecule has 24 rings (SSSR count). The molecule has 4 nitrogen and oxygen atoms in total. The van der Waals surface area contributed by atoms with Crippen LogP contribution in [0.2, 0.25) is 0 Å². The van der Waals surface area contributed by atoms with E-state index in [1.54, 1.807) is 0 Å². The van der Waals surface area contributed by atoms with Crippen LogP contribution in [0, 0.1) is 0 Å². The van der Waals surface area contributed by atoms with E-state index in [9.17, 15) is 0 Å². The Hall–Kier alpha value is -16.4. The predicted octanol–water partition coefficient (Wildman–Crippen LogP) is 35.4. The first kappa shape index (κ1) is 77.2. The Morgan fingerprint density at radius 1 is 0.146 bits per heavy atom. The molecule has 614 valence electrons. The Morgan fingerprint density at radius 2 is 0.369 bits per heavy atom. The summed E-state index contributed by atoms with van der Waals surface area (Å²) in [7, 11) is 0. The van der Waals surface area contributed by atoms with Gasteiger partial charge in [0.25, 0.3) is 0 Å². The summed E-state index contributed by atoms with van der Waals surface area (Å²) in [6, 6.07) is 169. The number of furan rings is 2. The Kier molecular flexibility index (Phi) is 18.6. The quantitative estimate of drug-likeness (QED) is 0.0910. The highest BCUT2D eigenvalue weighted by atomic mass is 16.3. The van der Waals surface area contributed by atoms with Crippen LogP contribution in [0.4, 0.5) is 34.1 Å². The summed E-state index contributed by atoms with van der Waals surface area (Å²) in [6.45, 7) is 9.55. The van der Waals surface area contributed by atoms with Crippen molar-refractivity contribution in [1.82, 2.24) is 0 Å². The average molecular weight is 1660 g/mol. The predicted molar refractivity (Wildman–Crippen MR) is 545 cm³/mol. The van der Waals surface area contributed by atoms with Crippen LogP contribution in [0.5, 0.6) is 0 Å². The number of fused-ring (bicyclic) bond motifs is 12. The van der Waals surface area contributed by atoms with Gasteiger partial charge in [-0.1, -0.05) is 355 Å². The molecule has 20 aromatic carbocycles. The standard InChI is InChI=1S/C126H88N2O2/c1-125(2)117-75-97(81-19-7-5-8-20-81)53-67-109(117)111-71-65-105(79-119(111)125)127(101-57-45-84(46-58-101)82-33-37-88(38-34-82)99-55-69-115-113-29-13-15-31-121(113)129-123(115)77-99)103-61-49-90(50-62-103)94-24-18-26-96(74-94)95-25-17-23-93(73-95)86-41-43-87(44-42-86)98-54-68-110-112-72-66-106(80-120(112)126(3,4)118(110)76-98)128(104-63-51-92(52-64-104)108-28-12-11-27-107(108)91-21-9-6-10-22-91)102-59-47-85(48-60-102)83-35-39-89(40-36-83)100-56-70-116-114-30-14-16-32-122(114)130-124(116)78-100/h5-80H,1-4H3. The van der Waals surface area contributed by atoms with Crippen molar-refractivity contribution in [1.29, 1.82) is 0 Å². The van der Waals surface area contributed by atoms with Crippen molar-refractivity contribution in [3.05, 3.63) is 483 Å². The topological polar surface area (TPSA) is 32.8 Å². The SMILES string of the molecule is CC1(C)c2cc(-c3ccccc3)ccc2-c2ccc(N(c3ccc(-c4ccc(-c5ccc6c(c5)oc5ccccc56)cc4)cc3)c3ccc(-c4cccc(-c5cccc(-c6ccc(-c7ccc8c(c7)C(C)(C)c7cc(N(c9ccc(-c%10ccc(-c%11ccc%12c(c%11)oc%11ccccc%11%12)cc%10)cc9)c9ccc(-c%10ccccc%10-c%10ccccc%10)cc9)ccc7-8)cc6)c5)c4)cc3)cc21. The molecular formula is C126H88N2O2. The second kappa shape index (κ2) is 31.3. The molecular weight excluding hydrogens is 1570 g/mol. The molecule has 0 saturated carbocycles. The minimum absolute atomic E-state index is 0.235. The molecule has 0 atom stereocenters. The Bertz CT molecular complexity index is 8140. The summed E-state index contributed by atoms with van der Waals surface area (Å²) in [5, 5.41) is 4.55. The molecule has 2 aromatic heterocycles. The number of anilines is 6. The third kappa shape index (κ3) is 13.6. The van der Waals surface area contributed by atoms with E-state index < -0.39 is 0 Å². The Labute approximate surface area is 757 Å². The van der Waals surface area contributed by atoms with Crippen LogP contribution in [-0.4, -0.2) is 0 Å². The van der Waals surface area contributed by atoms with Crippen molar-refractivity contribution in [2.75, 3.05) is 9.80 Å². The van der Waals surface area contributed by atoms with E-state index in [1.165, 1.54) is 106 Å². The van der Waals surface area contributed by atoms with Gasteiger partial charge in [0.1, 0.15) is 22.3 Å². The second-order valence-electron chi connectivity index (χ2n) is 35.9. The normalized spacial score (nSPS) is 12.7. The van der Waals surface area contributed by atoms with Crippen LogP contribution in [0.1, 0.15) is 49.9 Å². The fourth-order valence-electron chi connectivity index (χ4n) is 20.5. The van der Waals surface area contributed by atoms with E-state index in [0.717, 1.165) is 139 Å². The van der Waals surface area contributed by atoms with E-state index >= 15 is 0 Å². The lowest BCUT2D eigenvalue weighted by Crippen LogP contribution is -2.16. The van der Waals surface area contributed by atoms with Gasteiger partial charge in [0, 0.05) is 66.5 Å². The highest BCUT2D eigenvalue weighted by Gasteiger charge is 2.39. The monoisotopic (exact) mass is 1660 g/mol. The number of benzene rings is 20. The molecule has 130 heavy (non-hydrogen) atoms. The maximum Gasteiger partial charge on any atom is 0.136 e. The van der Waals surface area contributed by atoms with Crippen molar-refractivity contribution in [3.63, 3.8) is 0 Å². The van der Waals surface area contributed by atoms with Gasteiger partial charge < -0.3 is 18.6 Å². The lowest BCUT2D eigenvalue weighted by Gasteiger charge is -2.28. The highest BCUT2D eigenvalue weighted by Crippen LogP contribution is 2.55. The van der Waals surface area contributed by atoms with E-state index in [2.05, 4.69) is 474 Å². The third-order valence-corrected chi connectivity index (χ3v) is 27.6. The van der Waals surface area contributed by atoms with Crippen molar-refractivity contribution in [2.45, 2.75) is 38.5 Å². The summed E-state index contributed by atoms with van der Waals surface area (Å²) in [5.74, 6) is 0. The molecule has 0 N–H and O–H groups in total. The molecule has 4 heteroatoms. The highest BCUT2D eigenvalue weighted by molar-refractivity contribution is 6.07. The van der Waals surface area contributed by atoms with Gasteiger partial charge in [0.2, 0.25) is 0 Å². The first-order valence-electron chi connectivity index (χ1n) is 45.0. The fourth-order valence-corrected chi connectivity index (χ4v) is 20.5. The van der Waals surface area contributed by atoms with Gasteiger partial charge in [-0.15, -0.1) is 0 Å². The summed E-state index contributed by atoms with van der Waals surface area (Å²) < 4.78 is 12.6. The van der Waals surface area contributed by atoms with Crippen LogP contribution >= 0.6 is 0 Å². The van der Waals surface area contributed by atoms with Crippen LogP contribution in [0.3, 0.4) is 0 Å². The van der Waals surface area contributed by atoms with E-state index in [0.29, 0.717) is 0 Å². The maximum absolute atomic E-state index is 6.29. The van der Waals surface area contributed by atoms with E-state index in [4.69, 9.17) is 8.83 Å². The van der Waals surface area contributed by atoms with Gasteiger partial charge in [-0.05, 0) is 300 Å². The summed E-state index contributed by atoms with van der Waals surface area (Å²) in [6.07, 6.45) is 0. The third-order valence-electron chi connectivity index (χ3n) is 27.6. The van der Waals surface area contributed by atoms with Crippen molar-refractivity contribution < 1.29 is 8.83 Å². The fraction of sp³-hybridized carbons (Fsp3) is 0.0476. The van der Waals surface area contributed by atoms with Gasteiger partial charge in [0.05, 0.1) is 0 Å². The molecule has 0 amide bonds. The van der Waals surface area contributed by atoms with Gasteiger partial charge in [-0.25, -0.2) is 0 Å². The molecule has 0 bridgehead atoms. The molecule has 0 fully saturated rings. The van der Waals surface area contributed by atoms with Gasteiger partial charge in [-0.3, -0.25) is 0 Å². The molecule has 0 unspecified atom stereocenters. The molecule has 2 aliphatic carbocycles. The Morgan fingerprint density at radius 3 is 0.738 bits per heavy atom. The minimum Gasteiger partial charge on any atom is -0.456 e. The zero-order valence-electron chi connectivity index (χ0n) is 72.6. The first-order chi connectivity index (χ1) is 63.9. The number of hydrogen-bond acceptors (Lipinski definition) is 4. The molecule has 0 radical (unpaired) electrons. The van der Waals surface area contributed by atoms with Crippen LogP contribution < -0.4 is 9.80 Å². The summed E-state index contributed by atoms with van der Waals surface area (Å²) >= 11 is 0. The van der Waals surface area contributed by atoms with Crippen LogP contribution in [0.25, 0.3) is 189 Å². The maximum atomic E-state index is 6.29. The lowest BCUT2D eigenvalue weighted by atomic mass is 9.81. The molecule has 22 aromatic rings. The van der Waals surface area contributed by atoms with E-state index in [1.807, 2.05) is 24.3 Å². The van der Waals surface area contributed by atoms with Crippen molar-refractivity contribution >= 4 is 78.0 Å². The molecule has 0 spiro atoms. The zero-order chi connectivity index (χ0) is 86.7. The molecule has 0 aliphatic heterocycles. The van der Waals surface area contributed by atoms with E-state index in [-0.39, 0.29) is 10.8 Å². The van der Waals surface area contributed by atoms with Crippen molar-refractivity contribution in [2.24, 2.45) is 0 Å². The number of rotatable bonds is 17. The molecule has 0 saturated heterocycles. The second-order valence-corrected chi connectivity index (χ2v) is 35.9. The number of para-hydroxylation sites is 2. The van der Waals surface area contributed by atoms with Gasteiger partial charge in [0.15, 0.2) is 0 Å². The average Bonchev–Trinajstić information content (AvgIpc) is 1.57. The first-order valence-corrected chi connectivity index (χ1v) is 45.0. The van der Waals surface area contributed by atoms with Crippen molar-refractivity contribution in [3.8, 4) is 145 Å². The largest absolute Gasteiger partial charge is 0.456 e. The number of nitrogens with zero attached hydrogens (tertiary/aromatic N) is 2. The minimum atomic E-state index is -0.297. The summed E-state index contributed by atoms with van der Waals surface area (Å²) in [5.41, 5.74) is 45.8. The molecule has 2 heterocycles. The van der Waals surface area contributed by atoms with Crippen LogP contribution in [0.15, 0.2) is 470 Å².